The molecule has 0 spiro atoms. The van der Waals surface area contributed by atoms with E-state index in [1.807, 2.05) is 0 Å². The Labute approximate surface area is 329 Å². The lowest BCUT2D eigenvalue weighted by Crippen LogP contribution is -1.99. The van der Waals surface area contributed by atoms with Gasteiger partial charge in [0.25, 0.3) is 0 Å². The molecule has 0 fully saturated rings. The molecule has 0 amide bonds. The van der Waals surface area contributed by atoms with Crippen LogP contribution in [0.4, 0.5) is 0 Å². The number of nitrogens with zero attached hydrogens (tertiary/aromatic N) is 3. The second kappa shape index (κ2) is 12.5. The fourth-order valence-corrected chi connectivity index (χ4v) is 9.32. The molecule has 0 saturated carbocycles. The van der Waals surface area contributed by atoms with Gasteiger partial charge in [-0.05, 0) is 89.5 Å². The number of rotatable bonds is 5. The van der Waals surface area contributed by atoms with Crippen LogP contribution < -0.4 is 0 Å². The number of para-hydroxylation sites is 6. The predicted octanol–water partition coefficient (Wildman–Crippen LogP) is 14.3. The van der Waals surface area contributed by atoms with E-state index in [1.54, 1.807) is 0 Å². The van der Waals surface area contributed by atoms with Crippen molar-refractivity contribution in [2.75, 3.05) is 0 Å². The van der Waals surface area contributed by atoms with Crippen LogP contribution in [-0.2, 0) is 0 Å². The van der Waals surface area contributed by atoms with Crippen molar-refractivity contribution in [1.82, 2.24) is 13.7 Å². The van der Waals surface area contributed by atoms with Gasteiger partial charge in [-0.3, -0.25) is 0 Å². The second-order valence-corrected chi connectivity index (χ2v) is 14.9. The van der Waals surface area contributed by atoms with E-state index in [1.165, 1.54) is 87.7 Å². The summed E-state index contributed by atoms with van der Waals surface area (Å²) in [4.78, 5) is 0. The topological polar surface area (TPSA) is 14.8 Å². The van der Waals surface area contributed by atoms with Crippen LogP contribution in [0.1, 0.15) is 0 Å². The van der Waals surface area contributed by atoms with Gasteiger partial charge in [0.15, 0.2) is 0 Å². The zero-order valence-electron chi connectivity index (χ0n) is 31.0. The SMILES string of the molecule is c1ccc2c(c1)c1ccccc1n2-c1ccc(-c2ccc(-n3c4ccccc4c4ccccc43)c(-c3ccc(-n4c5ccccc5c5ccccc54)cc3)c2)cc1. The Morgan fingerprint density at radius 1 is 0.228 bits per heavy atom. The first-order chi connectivity index (χ1) is 28.3. The third kappa shape index (κ3) is 4.79. The molecular formula is C54H35N3. The van der Waals surface area contributed by atoms with Crippen molar-refractivity contribution in [2.24, 2.45) is 0 Å². The van der Waals surface area contributed by atoms with Gasteiger partial charge in [-0.15, -0.1) is 0 Å². The van der Waals surface area contributed by atoms with Crippen molar-refractivity contribution in [3.63, 3.8) is 0 Å². The molecule has 0 aliphatic heterocycles. The third-order valence-electron chi connectivity index (χ3n) is 11.9. The predicted molar refractivity (Wildman–Crippen MR) is 240 cm³/mol. The van der Waals surface area contributed by atoms with Gasteiger partial charge in [0, 0.05) is 49.3 Å². The van der Waals surface area contributed by atoms with E-state index in [2.05, 4.69) is 226 Å². The van der Waals surface area contributed by atoms with Crippen LogP contribution >= 0.6 is 0 Å². The number of aromatic nitrogens is 3. The van der Waals surface area contributed by atoms with Crippen molar-refractivity contribution < 1.29 is 0 Å². The molecule has 0 radical (unpaired) electrons. The van der Waals surface area contributed by atoms with Crippen LogP contribution in [0, 0.1) is 0 Å². The lowest BCUT2D eigenvalue weighted by molar-refractivity contribution is 1.17. The molecule has 9 aromatic carbocycles. The molecule has 0 bridgehead atoms. The van der Waals surface area contributed by atoms with E-state index in [-0.39, 0.29) is 0 Å². The summed E-state index contributed by atoms with van der Waals surface area (Å²) in [6.45, 7) is 0. The number of fused-ring (bicyclic) bond motifs is 9. The fraction of sp³-hybridized carbons (Fsp3) is 0. The van der Waals surface area contributed by atoms with Gasteiger partial charge in [-0.1, -0.05) is 140 Å². The monoisotopic (exact) mass is 725 g/mol. The Morgan fingerprint density at radius 3 is 0.895 bits per heavy atom. The zero-order valence-corrected chi connectivity index (χ0v) is 31.0. The van der Waals surface area contributed by atoms with E-state index in [0.717, 1.165) is 17.1 Å². The Balaban J connectivity index is 1.03. The van der Waals surface area contributed by atoms with Crippen molar-refractivity contribution in [1.29, 1.82) is 0 Å². The normalized spacial score (nSPS) is 11.9. The highest BCUT2D eigenvalue weighted by molar-refractivity contribution is 6.11. The van der Waals surface area contributed by atoms with Crippen LogP contribution in [0.15, 0.2) is 212 Å². The molecule has 3 heterocycles. The molecule has 3 aromatic heterocycles. The zero-order chi connectivity index (χ0) is 37.5. The van der Waals surface area contributed by atoms with Gasteiger partial charge in [-0.25, -0.2) is 0 Å². The van der Waals surface area contributed by atoms with Gasteiger partial charge < -0.3 is 13.7 Å². The molecule has 12 rings (SSSR count). The molecule has 3 heteroatoms. The summed E-state index contributed by atoms with van der Waals surface area (Å²) in [6.07, 6.45) is 0. The second-order valence-electron chi connectivity index (χ2n) is 14.9. The molecule has 0 saturated heterocycles. The largest absolute Gasteiger partial charge is 0.309 e. The quantitative estimate of drug-likeness (QED) is 0.168. The first kappa shape index (κ1) is 31.7. The van der Waals surface area contributed by atoms with Gasteiger partial charge >= 0.3 is 0 Å². The third-order valence-corrected chi connectivity index (χ3v) is 11.9. The summed E-state index contributed by atoms with van der Waals surface area (Å²) in [5, 5.41) is 7.58. The fourth-order valence-electron chi connectivity index (χ4n) is 9.32. The van der Waals surface area contributed by atoms with Gasteiger partial charge in [0.1, 0.15) is 0 Å². The summed E-state index contributed by atoms with van der Waals surface area (Å²) in [7, 11) is 0. The van der Waals surface area contributed by atoms with Crippen LogP contribution in [0.5, 0.6) is 0 Å². The first-order valence-corrected chi connectivity index (χ1v) is 19.6. The van der Waals surface area contributed by atoms with Gasteiger partial charge in [0.05, 0.1) is 38.8 Å². The maximum Gasteiger partial charge on any atom is 0.0541 e. The minimum Gasteiger partial charge on any atom is -0.309 e. The van der Waals surface area contributed by atoms with Crippen LogP contribution in [0.3, 0.4) is 0 Å². The molecule has 0 unspecified atom stereocenters. The molecule has 0 aliphatic rings. The highest BCUT2D eigenvalue weighted by Crippen LogP contribution is 2.40. The van der Waals surface area contributed by atoms with Crippen molar-refractivity contribution >= 4 is 65.4 Å². The summed E-state index contributed by atoms with van der Waals surface area (Å²) in [6, 6.07) is 77.5. The van der Waals surface area contributed by atoms with E-state index in [4.69, 9.17) is 0 Å². The van der Waals surface area contributed by atoms with E-state index in [0.29, 0.717) is 0 Å². The summed E-state index contributed by atoms with van der Waals surface area (Å²) >= 11 is 0. The highest BCUT2D eigenvalue weighted by atomic mass is 15.0. The Kier molecular flexibility index (Phi) is 6.93. The molecule has 12 aromatic rings. The Morgan fingerprint density at radius 2 is 0.526 bits per heavy atom. The Hall–Kier alpha value is -7.62. The number of hydrogen-bond acceptors (Lipinski definition) is 0. The van der Waals surface area contributed by atoms with E-state index < -0.39 is 0 Å². The molecule has 266 valence electrons. The van der Waals surface area contributed by atoms with Crippen LogP contribution in [0.25, 0.3) is 105 Å². The molecule has 0 aliphatic carbocycles. The highest BCUT2D eigenvalue weighted by Gasteiger charge is 2.18. The molecule has 3 nitrogen and oxygen atoms in total. The maximum absolute atomic E-state index is 2.44. The van der Waals surface area contributed by atoms with E-state index >= 15 is 0 Å². The van der Waals surface area contributed by atoms with Gasteiger partial charge in [0.2, 0.25) is 0 Å². The summed E-state index contributed by atoms with van der Waals surface area (Å²) < 4.78 is 7.21. The average molecular weight is 726 g/mol. The van der Waals surface area contributed by atoms with Gasteiger partial charge in [-0.2, -0.15) is 0 Å². The lowest BCUT2D eigenvalue weighted by atomic mass is 9.96. The Bertz CT molecular complexity index is 3340. The maximum atomic E-state index is 2.44. The molecular weight excluding hydrogens is 691 g/mol. The number of hydrogen-bond donors (Lipinski definition) is 0. The number of benzene rings is 9. The van der Waals surface area contributed by atoms with Crippen molar-refractivity contribution in [2.45, 2.75) is 0 Å². The standard InChI is InChI=1S/C54H35N3/c1-7-19-48-41(13-1)42-14-2-8-20-49(42)55(48)39-30-25-36(26-31-39)38-29-34-54(57-52-23-11-5-17-45(52)46-18-6-12-24-53(46)57)47(35-38)37-27-32-40(33-28-37)56-50-21-9-3-15-43(50)44-16-4-10-22-51(44)56/h1-35H. The minimum absolute atomic E-state index is 1.14. The minimum atomic E-state index is 1.14. The van der Waals surface area contributed by atoms with Crippen molar-refractivity contribution in [3.05, 3.63) is 212 Å². The molecule has 0 atom stereocenters. The smallest absolute Gasteiger partial charge is 0.0541 e. The van der Waals surface area contributed by atoms with E-state index in [9.17, 15) is 0 Å². The molecule has 57 heavy (non-hydrogen) atoms. The lowest BCUT2D eigenvalue weighted by Gasteiger charge is -2.17. The average Bonchev–Trinajstić information content (AvgIpc) is 3.92. The van der Waals surface area contributed by atoms with Crippen LogP contribution in [0.2, 0.25) is 0 Å². The summed E-state index contributed by atoms with van der Waals surface area (Å²) in [5.41, 5.74) is 15.4. The van der Waals surface area contributed by atoms with Crippen LogP contribution in [-0.4, -0.2) is 13.7 Å². The first-order valence-electron chi connectivity index (χ1n) is 19.6. The molecule has 0 N–H and O–H groups in total. The van der Waals surface area contributed by atoms with Crippen molar-refractivity contribution in [3.8, 4) is 39.3 Å². The summed E-state index contributed by atoms with van der Waals surface area (Å²) in [5.74, 6) is 0.